The minimum atomic E-state index is 0.0380. The van der Waals surface area contributed by atoms with Gasteiger partial charge in [0.15, 0.2) is 0 Å². The van der Waals surface area contributed by atoms with Gasteiger partial charge in [-0.15, -0.1) is 12.6 Å². The Morgan fingerprint density at radius 3 is 1.65 bits per heavy atom. The average molecular weight is 849 g/mol. The van der Waals surface area contributed by atoms with Crippen LogP contribution in [0.2, 0.25) is 0 Å². The number of aryl methyl sites for hydroxylation is 2. The van der Waals surface area contributed by atoms with Crippen molar-refractivity contribution in [1.82, 2.24) is 0 Å². The lowest BCUT2D eigenvalue weighted by Gasteiger charge is -2.39. The van der Waals surface area contributed by atoms with E-state index in [1.54, 1.807) is 0 Å². The SMILES string of the molecule is Cc1cc(N(c2ccc3c(c2)C(C)(C)CC3(C)C)c2cc3c(cc2S)C(C)(C)CC3(C)C)c2c(c1)N(c1cc3c(cc1C)C(C)(C)CC3(C)C)c1cc(-c3ccccc3)ccc1C2. The number of benzene rings is 6. The molecule has 2 nitrogen and oxygen atoms in total. The Morgan fingerprint density at radius 1 is 0.460 bits per heavy atom. The van der Waals surface area contributed by atoms with Crippen LogP contribution < -0.4 is 9.80 Å². The van der Waals surface area contributed by atoms with E-state index in [9.17, 15) is 0 Å². The standard InChI is InChI=1S/C60H68N2S/c1-36-24-51(61(41-22-23-43-45(29-41)57(7,8)33-55(43,3)4)53-31-47-48(32-54(53)63)60(13,14)35-59(47,11)12)42-27-40-21-20-39(38-18-16-15-17-19-38)28-50(40)62(52(42)25-36)49-30-46-44(26-37(49)2)56(5,6)34-58(46,9)10/h15-26,28-32,63H,27,33-35H2,1-14H3. The van der Waals surface area contributed by atoms with Gasteiger partial charge in [0.05, 0.1) is 22.7 Å². The minimum Gasteiger partial charge on any atom is -0.310 e. The molecule has 0 aromatic heterocycles. The molecular formula is C60H68N2S. The summed E-state index contributed by atoms with van der Waals surface area (Å²) >= 11 is 5.46. The van der Waals surface area contributed by atoms with E-state index in [1.807, 2.05) is 0 Å². The number of rotatable bonds is 5. The third kappa shape index (κ3) is 6.56. The van der Waals surface area contributed by atoms with Crippen LogP contribution in [0, 0.1) is 13.8 Å². The molecule has 1 aliphatic heterocycles. The summed E-state index contributed by atoms with van der Waals surface area (Å²) in [6.45, 7) is 33.8. The Morgan fingerprint density at radius 2 is 1.02 bits per heavy atom. The predicted molar refractivity (Wildman–Crippen MR) is 273 cm³/mol. The molecule has 6 aromatic rings. The minimum absolute atomic E-state index is 0.0380. The van der Waals surface area contributed by atoms with Crippen LogP contribution in [-0.2, 0) is 38.9 Å². The molecule has 0 unspecified atom stereocenters. The molecule has 63 heavy (non-hydrogen) atoms. The van der Waals surface area contributed by atoms with Crippen LogP contribution in [0.25, 0.3) is 11.1 Å². The molecule has 0 fully saturated rings. The molecule has 6 aromatic carbocycles. The highest BCUT2D eigenvalue weighted by atomic mass is 32.1. The van der Waals surface area contributed by atoms with Crippen LogP contribution in [0.3, 0.4) is 0 Å². The number of hydrogen-bond donors (Lipinski definition) is 1. The van der Waals surface area contributed by atoms with Crippen molar-refractivity contribution in [3.63, 3.8) is 0 Å². The van der Waals surface area contributed by atoms with Crippen molar-refractivity contribution >= 4 is 46.8 Å². The summed E-state index contributed by atoms with van der Waals surface area (Å²) in [5.41, 5.74) is 24.3. The third-order valence-electron chi connectivity index (χ3n) is 15.8. The summed E-state index contributed by atoms with van der Waals surface area (Å²) in [6, 6.07) is 40.4. The Bertz CT molecular complexity index is 2890. The summed E-state index contributed by atoms with van der Waals surface area (Å²) in [4.78, 5) is 6.26. The van der Waals surface area contributed by atoms with Crippen LogP contribution >= 0.6 is 12.6 Å². The van der Waals surface area contributed by atoms with Gasteiger partial charge in [-0.25, -0.2) is 0 Å². The van der Waals surface area contributed by atoms with Crippen LogP contribution in [0.1, 0.15) is 158 Å². The molecule has 0 N–H and O–H groups in total. The molecule has 0 atom stereocenters. The lowest BCUT2D eigenvalue weighted by molar-refractivity contribution is 0.402. The molecule has 0 saturated carbocycles. The van der Waals surface area contributed by atoms with Gasteiger partial charge in [0.2, 0.25) is 0 Å². The van der Waals surface area contributed by atoms with E-state index in [0.29, 0.717) is 0 Å². The summed E-state index contributed by atoms with van der Waals surface area (Å²) in [6.07, 6.45) is 4.19. The summed E-state index contributed by atoms with van der Waals surface area (Å²) in [5, 5.41) is 0. The molecule has 0 radical (unpaired) electrons. The molecule has 10 rings (SSSR count). The van der Waals surface area contributed by atoms with E-state index in [4.69, 9.17) is 12.6 Å². The Labute approximate surface area is 384 Å². The average Bonchev–Trinajstić information content (AvgIpc) is 3.59. The number of thiol groups is 1. The highest BCUT2D eigenvalue weighted by Crippen LogP contribution is 2.58. The second-order valence-electron chi connectivity index (χ2n) is 24.0. The van der Waals surface area contributed by atoms with Crippen molar-refractivity contribution in [2.75, 3.05) is 9.80 Å². The molecule has 3 aliphatic carbocycles. The maximum atomic E-state index is 5.46. The maximum absolute atomic E-state index is 5.46. The Balaban J connectivity index is 1.26. The first-order valence-corrected chi connectivity index (χ1v) is 23.9. The van der Waals surface area contributed by atoms with E-state index in [2.05, 4.69) is 210 Å². The molecular weight excluding hydrogens is 781 g/mol. The molecule has 324 valence electrons. The van der Waals surface area contributed by atoms with Crippen molar-refractivity contribution in [2.45, 2.75) is 160 Å². The van der Waals surface area contributed by atoms with Gasteiger partial charge in [-0.1, -0.05) is 138 Å². The van der Waals surface area contributed by atoms with Crippen LogP contribution in [0.4, 0.5) is 34.1 Å². The lowest BCUT2D eigenvalue weighted by Crippen LogP contribution is -2.24. The third-order valence-corrected chi connectivity index (χ3v) is 16.2. The van der Waals surface area contributed by atoms with Gasteiger partial charge in [0.1, 0.15) is 0 Å². The fourth-order valence-corrected chi connectivity index (χ4v) is 14.0. The highest BCUT2D eigenvalue weighted by Gasteiger charge is 2.46. The molecule has 0 spiro atoms. The smallest absolute Gasteiger partial charge is 0.0598 e. The molecule has 3 heteroatoms. The zero-order chi connectivity index (χ0) is 45.0. The van der Waals surface area contributed by atoms with Gasteiger partial charge in [0.25, 0.3) is 0 Å². The van der Waals surface area contributed by atoms with E-state index in [1.165, 1.54) is 95.2 Å². The highest BCUT2D eigenvalue weighted by molar-refractivity contribution is 7.80. The fourth-order valence-electron chi connectivity index (χ4n) is 13.7. The molecule has 1 heterocycles. The van der Waals surface area contributed by atoms with Crippen molar-refractivity contribution < 1.29 is 0 Å². The van der Waals surface area contributed by atoms with E-state index in [0.717, 1.165) is 36.3 Å². The van der Waals surface area contributed by atoms with Gasteiger partial charge in [-0.3, -0.25) is 0 Å². The van der Waals surface area contributed by atoms with Crippen molar-refractivity contribution in [2.24, 2.45) is 0 Å². The summed E-state index contributed by atoms with van der Waals surface area (Å²) < 4.78 is 0. The van der Waals surface area contributed by atoms with Gasteiger partial charge < -0.3 is 9.80 Å². The van der Waals surface area contributed by atoms with Gasteiger partial charge in [0, 0.05) is 28.3 Å². The molecule has 0 amide bonds. The second-order valence-corrected chi connectivity index (χ2v) is 24.5. The van der Waals surface area contributed by atoms with Gasteiger partial charge in [-0.05, 0) is 175 Å². The number of anilines is 6. The number of nitrogens with zero attached hydrogens (tertiary/aromatic N) is 2. The first-order valence-electron chi connectivity index (χ1n) is 23.5. The maximum Gasteiger partial charge on any atom is 0.0598 e. The quantitative estimate of drug-likeness (QED) is 0.172. The predicted octanol–water partition coefficient (Wildman–Crippen LogP) is 17.0. The molecule has 0 saturated heterocycles. The van der Waals surface area contributed by atoms with Crippen LogP contribution in [0.5, 0.6) is 0 Å². The topological polar surface area (TPSA) is 6.48 Å². The normalized spacial score (nSPS) is 19.8. The fraction of sp³-hybridized carbons (Fsp3) is 0.400. The first kappa shape index (κ1) is 42.2. The lowest BCUT2D eigenvalue weighted by atomic mass is 9.82. The van der Waals surface area contributed by atoms with Crippen molar-refractivity contribution in [3.05, 3.63) is 159 Å². The van der Waals surface area contributed by atoms with Crippen LogP contribution in [0.15, 0.2) is 108 Å². The number of fused-ring (bicyclic) bond motifs is 5. The zero-order valence-electron chi connectivity index (χ0n) is 40.5. The van der Waals surface area contributed by atoms with E-state index in [-0.39, 0.29) is 32.5 Å². The second kappa shape index (κ2) is 13.6. The van der Waals surface area contributed by atoms with Crippen molar-refractivity contribution in [1.29, 1.82) is 0 Å². The van der Waals surface area contributed by atoms with E-state index >= 15 is 0 Å². The monoisotopic (exact) mass is 849 g/mol. The Kier molecular flexibility index (Phi) is 9.15. The zero-order valence-corrected chi connectivity index (χ0v) is 41.4. The van der Waals surface area contributed by atoms with Gasteiger partial charge in [-0.2, -0.15) is 0 Å². The van der Waals surface area contributed by atoms with Gasteiger partial charge >= 0.3 is 0 Å². The first-order chi connectivity index (χ1) is 29.4. The molecule has 0 bridgehead atoms. The van der Waals surface area contributed by atoms with Crippen LogP contribution in [-0.4, -0.2) is 0 Å². The summed E-state index contributed by atoms with van der Waals surface area (Å²) in [7, 11) is 0. The van der Waals surface area contributed by atoms with Crippen molar-refractivity contribution in [3.8, 4) is 11.1 Å². The molecule has 4 aliphatic rings. The Hall–Kier alpha value is -4.73. The number of hydrogen-bond acceptors (Lipinski definition) is 3. The summed E-state index contributed by atoms with van der Waals surface area (Å²) in [5.74, 6) is 0. The van der Waals surface area contributed by atoms with E-state index < -0.39 is 0 Å². The largest absolute Gasteiger partial charge is 0.310 e.